The number of aromatic nitrogens is 1. The predicted molar refractivity (Wildman–Crippen MR) is 166 cm³/mol. The first kappa shape index (κ1) is 32.8. The molecule has 0 aliphatic carbocycles. The van der Waals surface area contributed by atoms with E-state index in [1.54, 1.807) is 4.90 Å². The van der Waals surface area contributed by atoms with Crippen LogP contribution in [0, 0.1) is 0 Å². The summed E-state index contributed by atoms with van der Waals surface area (Å²) in [6.45, 7) is 2.15. The average Bonchev–Trinajstić information content (AvgIpc) is 3.79. The Bertz CT molecular complexity index is 1760. The van der Waals surface area contributed by atoms with E-state index < -0.39 is 42.7 Å². The molecule has 3 fully saturated rings. The quantitative estimate of drug-likeness (QED) is 0.292. The maximum absolute atomic E-state index is 14.3. The van der Waals surface area contributed by atoms with Gasteiger partial charge in [-0.15, -0.1) is 0 Å². The number of carbonyl (C=O) groups excluding carboxylic acids is 4. The van der Waals surface area contributed by atoms with Crippen molar-refractivity contribution in [3.05, 3.63) is 71.4 Å². The van der Waals surface area contributed by atoms with Crippen molar-refractivity contribution in [1.82, 2.24) is 25.0 Å². The number of nitrogens with one attached hydrogen (secondary N) is 2. The molecule has 47 heavy (non-hydrogen) atoms. The predicted octanol–water partition coefficient (Wildman–Crippen LogP) is 3.47. The fourth-order valence-electron chi connectivity index (χ4n) is 7.10. The topological polar surface area (TPSA) is 163 Å². The van der Waals surface area contributed by atoms with Crippen LogP contribution in [0.25, 0.3) is 10.9 Å². The fourth-order valence-corrected chi connectivity index (χ4v) is 7.58. The highest BCUT2D eigenvalue weighted by molar-refractivity contribution is 7.52. The second-order valence-electron chi connectivity index (χ2n) is 12.4. The summed E-state index contributed by atoms with van der Waals surface area (Å²) >= 11 is 0. The lowest BCUT2D eigenvalue weighted by atomic mass is 10.0. The molecule has 4 atom stereocenters. The van der Waals surface area contributed by atoms with Crippen LogP contribution < -0.4 is 5.32 Å². The van der Waals surface area contributed by atoms with Crippen LogP contribution in [-0.2, 0) is 24.6 Å². The van der Waals surface area contributed by atoms with Crippen LogP contribution in [0.4, 0.5) is 8.78 Å². The summed E-state index contributed by atoms with van der Waals surface area (Å²) < 4.78 is 40.0. The number of benzene rings is 2. The standard InChI is InChI=1S/C32H36F2N5O7P/c1-19(40)37-15-13-23-10-12-28(31(43)38-14-5-8-27(38)20-6-3-2-4-7-20)39(23)30(42)26(18-37)36-29(41)25-17-21-16-22(9-11-24(21)35-25)32(33,34)47(44,45)46/h2-4,6-7,9,11,16-17,23,26-28,35H,5,8,10,12-15,18H2,1H3,(H,36,41)(H2,44,45,46)/t23-,26+,27+,28+/m1/s1. The molecule has 3 aromatic rings. The number of fused-ring (bicyclic) bond motifs is 2. The van der Waals surface area contributed by atoms with Crippen LogP contribution in [0.3, 0.4) is 0 Å². The van der Waals surface area contributed by atoms with Crippen LogP contribution in [0.15, 0.2) is 54.6 Å². The Morgan fingerprint density at radius 1 is 1.00 bits per heavy atom. The van der Waals surface area contributed by atoms with Crippen molar-refractivity contribution in [3.63, 3.8) is 0 Å². The molecule has 15 heteroatoms. The number of halogens is 2. The summed E-state index contributed by atoms with van der Waals surface area (Å²) in [4.78, 5) is 80.3. The van der Waals surface area contributed by atoms with E-state index in [0.29, 0.717) is 32.4 Å². The number of aromatic amines is 1. The van der Waals surface area contributed by atoms with Gasteiger partial charge in [-0.25, -0.2) is 0 Å². The van der Waals surface area contributed by atoms with Gasteiger partial charge in [0.2, 0.25) is 17.7 Å². The molecule has 3 aliphatic rings. The number of H-pyrrole nitrogens is 1. The lowest BCUT2D eigenvalue weighted by Crippen LogP contribution is -2.61. The molecule has 2 aromatic carbocycles. The number of hydrogen-bond donors (Lipinski definition) is 4. The van der Waals surface area contributed by atoms with Gasteiger partial charge in [-0.3, -0.25) is 23.7 Å². The first-order chi connectivity index (χ1) is 22.3. The number of nitrogens with zero attached hydrogens (tertiary/aromatic N) is 3. The number of carbonyl (C=O) groups is 4. The third kappa shape index (κ3) is 6.17. The molecule has 0 spiro atoms. The maximum atomic E-state index is 14.3. The highest BCUT2D eigenvalue weighted by Crippen LogP contribution is 2.59. The molecular formula is C32H36F2N5O7P. The van der Waals surface area contributed by atoms with Gasteiger partial charge < -0.3 is 34.8 Å². The van der Waals surface area contributed by atoms with Crippen LogP contribution in [0.1, 0.15) is 66.7 Å². The molecule has 3 aliphatic heterocycles. The Balaban J connectivity index is 1.26. The minimum atomic E-state index is -5.81. The number of amides is 4. The van der Waals surface area contributed by atoms with Crippen molar-refractivity contribution in [2.24, 2.45) is 0 Å². The largest absolute Gasteiger partial charge is 0.399 e. The molecule has 4 heterocycles. The van der Waals surface area contributed by atoms with E-state index in [2.05, 4.69) is 10.3 Å². The Kier molecular flexibility index (Phi) is 8.71. The van der Waals surface area contributed by atoms with Crippen molar-refractivity contribution in [2.45, 2.75) is 68.9 Å². The van der Waals surface area contributed by atoms with E-state index in [1.807, 2.05) is 35.2 Å². The molecular weight excluding hydrogens is 635 g/mol. The van der Waals surface area contributed by atoms with Gasteiger partial charge in [-0.05, 0) is 55.9 Å². The van der Waals surface area contributed by atoms with Crippen LogP contribution in [0.2, 0.25) is 0 Å². The summed E-state index contributed by atoms with van der Waals surface area (Å²) in [5.41, 5.74) is -4.16. The lowest BCUT2D eigenvalue weighted by Gasteiger charge is -2.39. The number of likely N-dealkylation sites (tertiary alicyclic amines) is 1. The van der Waals surface area contributed by atoms with E-state index in [0.717, 1.165) is 30.5 Å². The zero-order valence-corrected chi connectivity index (χ0v) is 26.5. The fraction of sp³-hybridized carbons (Fsp3) is 0.438. The second kappa shape index (κ2) is 12.5. The Morgan fingerprint density at radius 3 is 2.45 bits per heavy atom. The summed E-state index contributed by atoms with van der Waals surface area (Å²) in [6, 6.07) is 11.6. The minimum Gasteiger partial charge on any atom is -0.351 e. The molecule has 0 unspecified atom stereocenters. The third-order valence-corrected chi connectivity index (χ3v) is 10.5. The molecule has 250 valence electrons. The van der Waals surface area contributed by atoms with Crippen molar-refractivity contribution in [3.8, 4) is 0 Å². The van der Waals surface area contributed by atoms with Crippen LogP contribution >= 0.6 is 7.60 Å². The van der Waals surface area contributed by atoms with Crippen molar-refractivity contribution < 1.29 is 42.3 Å². The highest BCUT2D eigenvalue weighted by Gasteiger charge is 2.51. The molecule has 0 saturated carbocycles. The zero-order valence-electron chi connectivity index (χ0n) is 25.6. The summed E-state index contributed by atoms with van der Waals surface area (Å²) in [7, 11) is -5.81. The summed E-state index contributed by atoms with van der Waals surface area (Å²) in [5.74, 6) is -1.66. The lowest BCUT2D eigenvalue weighted by molar-refractivity contribution is -0.149. The van der Waals surface area contributed by atoms with E-state index in [-0.39, 0.29) is 47.0 Å². The summed E-state index contributed by atoms with van der Waals surface area (Å²) in [6.07, 6.45) is 3.17. The Morgan fingerprint density at radius 2 is 1.74 bits per heavy atom. The molecule has 4 amide bonds. The van der Waals surface area contributed by atoms with Gasteiger partial charge in [0, 0.05) is 49.1 Å². The van der Waals surface area contributed by atoms with E-state index in [9.17, 15) is 32.5 Å². The zero-order chi connectivity index (χ0) is 33.7. The first-order valence-corrected chi connectivity index (χ1v) is 17.2. The van der Waals surface area contributed by atoms with Gasteiger partial charge in [0.05, 0.1) is 6.04 Å². The molecule has 12 nitrogen and oxygen atoms in total. The summed E-state index contributed by atoms with van der Waals surface area (Å²) in [5, 5.41) is 2.79. The van der Waals surface area contributed by atoms with Gasteiger partial charge in [-0.1, -0.05) is 36.4 Å². The van der Waals surface area contributed by atoms with E-state index in [4.69, 9.17) is 9.79 Å². The smallest absolute Gasteiger partial charge is 0.351 e. The van der Waals surface area contributed by atoms with Crippen LogP contribution in [-0.4, -0.2) is 90.9 Å². The normalized spacial score (nSPS) is 23.9. The molecule has 0 radical (unpaired) electrons. The number of alkyl halides is 2. The van der Waals surface area contributed by atoms with Crippen molar-refractivity contribution in [1.29, 1.82) is 0 Å². The Labute approximate surface area is 269 Å². The molecule has 3 saturated heterocycles. The average molecular weight is 672 g/mol. The van der Waals surface area contributed by atoms with Gasteiger partial charge >= 0.3 is 13.3 Å². The molecule has 6 rings (SSSR count). The third-order valence-electron chi connectivity index (χ3n) is 9.52. The highest BCUT2D eigenvalue weighted by atomic mass is 31.2. The van der Waals surface area contributed by atoms with Gasteiger partial charge in [-0.2, -0.15) is 8.78 Å². The molecule has 1 aromatic heterocycles. The molecule has 4 N–H and O–H groups in total. The van der Waals surface area contributed by atoms with Crippen molar-refractivity contribution >= 4 is 42.1 Å². The monoisotopic (exact) mass is 671 g/mol. The first-order valence-electron chi connectivity index (χ1n) is 15.6. The Hall–Kier alpha value is -4.13. The second-order valence-corrected chi connectivity index (χ2v) is 14.1. The van der Waals surface area contributed by atoms with Gasteiger partial charge in [0.15, 0.2) is 0 Å². The molecule has 0 bridgehead atoms. The maximum Gasteiger partial charge on any atom is 0.399 e. The number of hydrogen-bond acceptors (Lipinski definition) is 5. The van der Waals surface area contributed by atoms with Crippen LogP contribution in [0.5, 0.6) is 0 Å². The van der Waals surface area contributed by atoms with Gasteiger partial charge in [0.25, 0.3) is 5.91 Å². The van der Waals surface area contributed by atoms with E-state index in [1.165, 1.54) is 24.0 Å². The van der Waals surface area contributed by atoms with Gasteiger partial charge in [0.1, 0.15) is 17.8 Å². The minimum absolute atomic E-state index is 0.0887. The van der Waals surface area contributed by atoms with E-state index >= 15 is 0 Å². The number of rotatable bonds is 6. The SMILES string of the molecule is CC(=O)N1CC[C@H]2CC[C@@H](C(=O)N3CCC[C@H]3c3ccccc3)N2C(=O)[C@@H](NC(=O)c2cc3cc(C(F)(F)P(=O)(O)O)ccc3[nH]2)C1. The van der Waals surface area contributed by atoms with Crippen molar-refractivity contribution in [2.75, 3.05) is 19.6 Å².